The van der Waals surface area contributed by atoms with Gasteiger partial charge in [-0.15, -0.1) is 10.2 Å². The zero-order chi connectivity index (χ0) is 22.3. The van der Waals surface area contributed by atoms with Crippen LogP contribution in [0.25, 0.3) is 11.3 Å². The number of hydrogen-bond donors (Lipinski definition) is 1. The summed E-state index contributed by atoms with van der Waals surface area (Å²) in [5, 5.41) is 12.7. The van der Waals surface area contributed by atoms with Crippen LogP contribution in [0.5, 0.6) is 0 Å². The topological polar surface area (TPSA) is 73.0 Å². The molecule has 32 heavy (non-hydrogen) atoms. The van der Waals surface area contributed by atoms with E-state index in [1.807, 2.05) is 6.26 Å². The van der Waals surface area contributed by atoms with Crippen LogP contribution in [0, 0.1) is 5.82 Å². The quantitative estimate of drug-likeness (QED) is 0.335. The van der Waals surface area contributed by atoms with Gasteiger partial charge in [0.2, 0.25) is 5.91 Å². The number of furan rings is 1. The molecule has 0 bridgehead atoms. The summed E-state index contributed by atoms with van der Waals surface area (Å²) in [6.45, 7) is 0.601. The third kappa shape index (κ3) is 5.41. The minimum absolute atomic E-state index is 0.0177. The lowest BCUT2D eigenvalue weighted by Crippen LogP contribution is -2.25. The second kappa shape index (κ2) is 10.8. The fourth-order valence-corrected chi connectivity index (χ4v) is 4.84. The highest BCUT2D eigenvalue weighted by Crippen LogP contribution is 2.33. The van der Waals surface area contributed by atoms with Crippen molar-refractivity contribution in [1.29, 1.82) is 0 Å². The van der Waals surface area contributed by atoms with Crippen molar-refractivity contribution in [3.05, 3.63) is 53.8 Å². The molecule has 1 amide bonds. The van der Waals surface area contributed by atoms with E-state index in [9.17, 15) is 9.18 Å². The van der Waals surface area contributed by atoms with Crippen LogP contribution in [0.3, 0.4) is 0 Å². The lowest BCUT2D eigenvalue weighted by molar-refractivity contribution is -0.121. The Morgan fingerprint density at radius 3 is 2.78 bits per heavy atom. The minimum atomic E-state index is -0.320. The van der Waals surface area contributed by atoms with Crippen molar-refractivity contribution in [1.82, 2.24) is 20.1 Å². The average Bonchev–Trinajstić information content (AvgIpc) is 3.56. The van der Waals surface area contributed by atoms with E-state index >= 15 is 0 Å². The van der Waals surface area contributed by atoms with Crippen molar-refractivity contribution < 1.29 is 13.6 Å². The van der Waals surface area contributed by atoms with Crippen LogP contribution < -0.4 is 5.32 Å². The van der Waals surface area contributed by atoms with E-state index in [1.54, 1.807) is 42.1 Å². The fraction of sp³-hybridized carbons (Fsp3) is 0.458. The first-order valence-corrected chi connectivity index (χ1v) is 12.5. The number of carbonyl (C=O) groups is 1. The number of benzene rings is 1. The van der Waals surface area contributed by atoms with Gasteiger partial charge in [0, 0.05) is 31.8 Å². The molecule has 1 fully saturated rings. The molecule has 2 aromatic heterocycles. The number of nitrogens with one attached hydrogen (secondary N) is 1. The van der Waals surface area contributed by atoms with E-state index in [0.717, 1.165) is 23.8 Å². The molecule has 1 saturated carbocycles. The molecule has 0 spiro atoms. The van der Waals surface area contributed by atoms with Crippen molar-refractivity contribution in [2.45, 2.75) is 62.6 Å². The summed E-state index contributed by atoms with van der Waals surface area (Å²) in [7, 11) is 0. The molecule has 1 aliphatic rings. The number of thioether (sulfide) groups is 1. The highest BCUT2D eigenvalue weighted by atomic mass is 32.2. The lowest BCUT2D eigenvalue weighted by atomic mass is 10.1. The van der Waals surface area contributed by atoms with E-state index in [-0.39, 0.29) is 11.7 Å². The molecule has 1 N–H and O–H groups in total. The Morgan fingerprint density at radius 1 is 1.19 bits per heavy atom. The Hall–Kier alpha value is -2.61. The standard InChI is InChI=1S/C24H29FN4O2S/c1-32-24-28-27-22(29(24)17-7-2-3-8-17)11-6-16-26-23(30)15-13-18-12-14-21(31-18)19-9-4-5-10-20(19)25/h4-5,9-10,12,14,17H,2-3,6-8,11,13,15-16H2,1H3,(H,26,30). The molecular weight excluding hydrogens is 427 g/mol. The van der Waals surface area contributed by atoms with E-state index in [0.29, 0.717) is 42.5 Å². The predicted octanol–water partition coefficient (Wildman–Crippen LogP) is 5.20. The Balaban J connectivity index is 1.21. The summed E-state index contributed by atoms with van der Waals surface area (Å²) in [4.78, 5) is 12.2. The van der Waals surface area contributed by atoms with Gasteiger partial charge >= 0.3 is 0 Å². The first-order chi connectivity index (χ1) is 15.7. The summed E-state index contributed by atoms with van der Waals surface area (Å²) in [6, 6.07) is 10.6. The normalized spacial score (nSPS) is 14.2. The summed E-state index contributed by atoms with van der Waals surface area (Å²) in [5.74, 6) is 1.84. The van der Waals surface area contributed by atoms with Gasteiger partial charge in [0.05, 0.1) is 5.56 Å². The van der Waals surface area contributed by atoms with Gasteiger partial charge in [-0.1, -0.05) is 36.7 Å². The number of halogens is 1. The smallest absolute Gasteiger partial charge is 0.220 e. The van der Waals surface area contributed by atoms with Gasteiger partial charge in [0.25, 0.3) is 0 Å². The second-order valence-electron chi connectivity index (χ2n) is 8.11. The molecule has 6 nitrogen and oxygen atoms in total. The Bertz CT molecular complexity index is 1040. The Labute approximate surface area is 192 Å². The van der Waals surface area contributed by atoms with E-state index in [1.165, 1.54) is 31.7 Å². The third-order valence-corrected chi connectivity index (χ3v) is 6.55. The molecule has 0 aliphatic heterocycles. The van der Waals surface area contributed by atoms with Gasteiger partial charge < -0.3 is 14.3 Å². The van der Waals surface area contributed by atoms with Crippen LogP contribution in [0.4, 0.5) is 4.39 Å². The maximum absolute atomic E-state index is 13.9. The number of carbonyl (C=O) groups excluding carboxylic acids is 1. The van der Waals surface area contributed by atoms with Crippen LogP contribution in [0.2, 0.25) is 0 Å². The summed E-state index contributed by atoms with van der Waals surface area (Å²) in [6.07, 6.45) is 9.40. The van der Waals surface area contributed by atoms with Crippen LogP contribution >= 0.6 is 11.8 Å². The molecule has 8 heteroatoms. The lowest BCUT2D eigenvalue weighted by Gasteiger charge is -2.16. The fourth-order valence-electron chi connectivity index (χ4n) is 4.26. The maximum Gasteiger partial charge on any atom is 0.220 e. The number of aromatic nitrogens is 3. The molecule has 3 aromatic rings. The first-order valence-electron chi connectivity index (χ1n) is 11.2. The third-order valence-electron chi connectivity index (χ3n) is 5.91. The molecule has 0 atom stereocenters. The van der Waals surface area contributed by atoms with Crippen molar-refractivity contribution in [2.75, 3.05) is 12.8 Å². The van der Waals surface area contributed by atoms with Crippen molar-refractivity contribution in [3.8, 4) is 11.3 Å². The number of amides is 1. The van der Waals surface area contributed by atoms with Gasteiger partial charge in [0.15, 0.2) is 5.16 Å². The number of hydrogen-bond acceptors (Lipinski definition) is 5. The molecule has 0 unspecified atom stereocenters. The molecule has 1 aromatic carbocycles. The Morgan fingerprint density at radius 2 is 2.00 bits per heavy atom. The van der Waals surface area contributed by atoms with Crippen LogP contribution in [-0.4, -0.2) is 33.5 Å². The number of nitrogens with zero attached hydrogens (tertiary/aromatic N) is 3. The molecule has 2 heterocycles. The zero-order valence-corrected chi connectivity index (χ0v) is 19.2. The molecule has 0 saturated heterocycles. The first kappa shape index (κ1) is 22.6. The van der Waals surface area contributed by atoms with Gasteiger partial charge in [-0.2, -0.15) is 0 Å². The summed E-state index contributed by atoms with van der Waals surface area (Å²) < 4.78 is 21.9. The van der Waals surface area contributed by atoms with Gasteiger partial charge in [-0.25, -0.2) is 4.39 Å². The summed E-state index contributed by atoms with van der Waals surface area (Å²) in [5.41, 5.74) is 0.429. The number of aryl methyl sites for hydroxylation is 2. The molecular formula is C24H29FN4O2S. The van der Waals surface area contributed by atoms with Gasteiger partial charge in [0.1, 0.15) is 23.2 Å². The second-order valence-corrected chi connectivity index (χ2v) is 8.88. The highest BCUT2D eigenvalue weighted by molar-refractivity contribution is 7.98. The average molecular weight is 457 g/mol. The molecule has 0 radical (unpaired) electrons. The van der Waals surface area contributed by atoms with Crippen molar-refractivity contribution in [3.63, 3.8) is 0 Å². The van der Waals surface area contributed by atoms with Gasteiger partial charge in [-0.05, 0) is 49.8 Å². The largest absolute Gasteiger partial charge is 0.461 e. The summed E-state index contributed by atoms with van der Waals surface area (Å²) >= 11 is 1.64. The van der Waals surface area contributed by atoms with Crippen LogP contribution in [-0.2, 0) is 17.6 Å². The van der Waals surface area contributed by atoms with Gasteiger partial charge in [-0.3, -0.25) is 4.79 Å². The predicted molar refractivity (Wildman–Crippen MR) is 123 cm³/mol. The number of rotatable bonds is 10. The van der Waals surface area contributed by atoms with E-state index < -0.39 is 0 Å². The monoisotopic (exact) mass is 456 g/mol. The molecule has 4 rings (SSSR count). The zero-order valence-electron chi connectivity index (χ0n) is 18.3. The molecule has 170 valence electrons. The maximum atomic E-state index is 13.9. The molecule has 1 aliphatic carbocycles. The van der Waals surface area contributed by atoms with Crippen LogP contribution in [0.15, 0.2) is 46.0 Å². The highest BCUT2D eigenvalue weighted by Gasteiger charge is 2.23. The van der Waals surface area contributed by atoms with E-state index in [4.69, 9.17) is 4.42 Å². The minimum Gasteiger partial charge on any atom is -0.461 e. The van der Waals surface area contributed by atoms with Crippen molar-refractivity contribution in [2.24, 2.45) is 0 Å². The SMILES string of the molecule is CSc1nnc(CCCNC(=O)CCc2ccc(-c3ccccc3F)o2)n1C1CCCC1. The van der Waals surface area contributed by atoms with Crippen molar-refractivity contribution >= 4 is 17.7 Å². The Kier molecular flexibility index (Phi) is 7.63. The van der Waals surface area contributed by atoms with Crippen LogP contribution in [0.1, 0.15) is 56.2 Å². The van der Waals surface area contributed by atoms with E-state index in [2.05, 4.69) is 20.1 Å².